The van der Waals surface area contributed by atoms with E-state index in [0.717, 1.165) is 10.5 Å². The number of benzene rings is 1. The van der Waals surface area contributed by atoms with Crippen LogP contribution < -0.4 is 0 Å². The number of carbonyl (C=O) groups excluding carboxylic acids is 1. The van der Waals surface area contributed by atoms with Gasteiger partial charge in [0.15, 0.2) is 0 Å². The van der Waals surface area contributed by atoms with Crippen molar-refractivity contribution in [2.45, 2.75) is 44.2 Å². The highest BCUT2D eigenvalue weighted by Crippen LogP contribution is 2.22. The highest BCUT2D eigenvalue weighted by molar-refractivity contribution is 9.08. The summed E-state index contributed by atoms with van der Waals surface area (Å²) >= 11 is 3.29. The molecule has 0 spiro atoms. The van der Waals surface area contributed by atoms with Crippen molar-refractivity contribution in [2.24, 2.45) is 0 Å². The third-order valence-corrected chi connectivity index (χ3v) is 4.00. The summed E-state index contributed by atoms with van der Waals surface area (Å²) in [4.78, 5) is 13.3. The van der Waals surface area contributed by atoms with Crippen LogP contribution >= 0.6 is 15.9 Å². The first kappa shape index (κ1) is 18.0. The van der Waals surface area contributed by atoms with Crippen molar-refractivity contribution in [1.29, 1.82) is 0 Å². The Morgan fingerprint density at radius 3 is 2.10 bits per heavy atom. The maximum atomic E-state index is 12.7. The van der Waals surface area contributed by atoms with Gasteiger partial charge in [0.25, 0.3) is 5.91 Å². The molecule has 0 aromatic heterocycles. The summed E-state index contributed by atoms with van der Waals surface area (Å²) in [5, 5.41) is 0.639. The van der Waals surface area contributed by atoms with Crippen LogP contribution in [0.3, 0.4) is 0 Å². The van der Waals surface area contributed by atoms with Crippen LogP contribution in [0.2, 0.25) is 0 Å². The molecule has 0 saturated heterocycles. The zero-order valence-corrected chi connectivity index (χ0v) is 13.7. The number of hydrogen-bond acceptors (Lipinski definition) is 1. The molecule has 0 aliphatic heterocycles. The molecule has 0 aliphatic carbocycles. The minimum atomic E-state index is -4.39. The van der Waals surface area contributed by atoms with Gasteiger partial charge in [0, 0.05) is 16.9 Å². The molecule has 1 amide bonds. The van der Waals surface area contributed by atoms with Gasteiger partial charge in [0.05, 0.1) is 0 Å². The molecule has 0 fully saturated rings. The van der Waals surface area contributed by atoms with E-state index >= 15 is 0 Å². The highest BCUT2D eigenvalue weighted by Gasteiger charge is 2.35. The first-order valence-electron chi connectivity index (χ1n) is 6.85. The molecule has 118 valence electrons. The molecular weight excluding hydrogens is 347 g/mol. The predicted molar refractivity (Wildman–Crippen MR) is 80.5 cm³/mol. The maximum absolute atomic E-state index is 12.7. The summed E-state index contributed by atoms with van der Waals surface area (Å²) in [6, 6.07) is 6.21. The van der Waals surface area contributed by atoms with E-state index in [9.17, 15) is 18.0 Å². The normalized spacial score (nSPS) is 11.8. The molecule has 0 aliphatic rings. The zero-order valence-electron chi connectivity index (χ0n) is 12.1. The lowest BCUT2D eigenvalue weighted by molar-refractivity contribution is -0.144. The number of rotatable bonds is 6. The van der Waals surface area contributed by atoms with Gasteiger partial charge in [0.1, 0.15) is 6.54 Å². The average molecular weight is 366 g/mol. The van der Waals surface area contributed by atoms with E-state index < -0.39 is 24.7 Å². The first-order chi connectivity index (χ1) is 9.82. The third-order valence-electron chi connectivity index (χ3n) is 3.35. The molecule has 1 rings (SSSR count). The van der Waals surface area contributed by atoms with Crippen LogP contribution in [0.5, 0.6) is 0 Å². The molecule has 1 aromatic carbocycles. The zero-order chi connectivity index (χ0) is 16.0. The van der Waals surface area contributed by atoms with Crippen molar-refractivity contribution in [3.05, 3.63) is 35.4 Å². The second-order valence-corrected chi connectivity index (χ2v) is 5.41. The van der Waals surface area contributed by atoms with Crippen LogP contribution in [0.4, 0.5) is 13.2 Å². The lowest BCUT2D eigenvalue weighted by Gasteiger charge is -2.31. The molecule has 0 radical (unpaired) electrons. The fourth-order valence-corrected chi connectivity index (χ4v) is 2.57. The monoisotopic (exact) mass is 365 g/mol. The second kappa shape index (κ2) is 7.82. The third kappa shape index (κ3) is 5.34. The van der Waals surface area contributed by atoms with E-state index in [-0.39, 0.29) is 5.56 Å². The molecule has 1 aromatic rings. The number of carbonyl (C=O) groups is 1. The SMILES string of the molecule is CCC(CC)N(CC(F)(F)F)C(=O)c1ccc(CBr)cc1. The lowest BCUT2D eigenvalue weighted by atomic mass is 10.1. The fourth-order valence-electron chi connectivity index (χ4n) is 2.19. The Hall–Kier alpha value is -1.04. The van der Waals surface area contributed by atoms with E-state index in [1.165, 1.54) is 0 Å². The molecule has 0 bridgehead atoms. The van der Waals surface area contributed by atoms with Crippen molar-refractivity contribution >= 4 is 21.8 Å². The minimum absolute atomic E-state index is 0.288. The Morgan fingerprint density at radius 2 is 1.71 bits per heavy atom. The van der Waals surface area contributed by atoms with Crippen LogP contribution in [-0.2, 0) is 5.33 Å². The number of hydrogen-bond donors (Lipinski definition) is 0. The van der Waals surface area contributed by atoms with Gasteiger partial charge in [-0.25, -0.2) is 0 Å². The largest absolute Gasteiger partial charge is 0.406 e. The van der Waals surface area contributed by atoms with Crippen LogP contribution in [0.25, 0.3) is 0 Å². The van der Waals surface area contributed by atoms with E-state index in [4.69, 9.17) is 0 Å². The second-order valence-electron chi connectivity index (χ2n) is 4.85. The van der Waals surface area contributed by atoms with Crippen LogP contribution in [0, 0.1) is 0 Å². The van der Waals surface area contributed by atoms with Crippen molar-refractivity contribution in [2.75, 3.05) is 6.54 Å². The standard InChI is InChI=1S/C15H19BrF3NO/c1-3-13(4-2)20(10-15(17,18)19)14(21)12-7-5-11(9-16)6-8-12/h5-8,13H,3-4,9-10H2,1-2H3. The van der Waals surface area contributed by atoms with Gasteiger partial charge in [-0.1, -0.05) is 41.9 Å². The van der Waals surface area contributed by atoms with Gasteiger partial charge in [-0.05, 0) is 30.5 Å². The Kier molecular flexibility index (Phi) is 6.71. The Morgan fingerprint density at radius 1 is 1.19 bits per heavy atom. The predicted octanol–water partition coefficient (Wildman–Crippen LogP) is 4.77. The van der Waals surface area contributed by atoms with Gasteiger partial charge in [-0.2, -0.15) is 13.2 Å². The fraction of sp³-hybridized carbons (Fsp3) is 0.533. The Balaban J connectivity index is 3.02. The Bertz CT molecular complexity index is 455. The first-order valence-corrected chi connectivity index (χ1v) is 7.97. The minimum Gasteiger partial charge on any atom is -0.327 e. The summed E-state index contributed by atoms with van der Waals surface area (Å²) in [7, 11) is 0. The van der Waals surface area contributed by atoms with E-state index in [1.807, 2.05) is 0 Å². The van der Waals surface area contributed by atoms with Crippen LogP contribution in [-0.4, -0.2) is 29.6 Å². The van der Waals surface area contributed by atoms with Gasteiger partial charge in [-0.15, -0.1) is 0 Å². The molecule has 0 saturated carbocycles. The molecule has 0 heterocycles. The number of halogens is 4. The summed E-state index contributed by atoms with van der Waals surface area (Å²) in [6.45, 7) is 2.37. The Labute approximate surface area is 131 Å². The van der Waals surface area contributed by atoms with Gasteiger partial charge in [-0.3, -0.25) is 4.79 Å². The molecular formula is C15H19BrF3NO. The van der Waals surface area contributed by atoms with Gasteiger partial charge < -0.3 is 4.90 Å². The van der Waals surface area contributed by atoms with E-state index in [2.05, 4.69) is 15.9 Å². The molecule has 21 heavy (non-hydrogen) atoms. The van der Waals surface area contributed by atoms with Gasteiger partial charge >= 0.3 is 6.18 Å². The lowest BCUT2D eigenvalue weighted by Crippen LogP contribution is -2.45. The topological polar surface area (TPSA) is 20.3 Å². The molecule has 0 N–H and O–H groups in total. The molecule has 2 nitrogen and oxygen atoms in total. The highest BCUT2D eigenvalue weighted by atomic mass is 79.9. The summed E-state index contributed by atoms with van der Waals surface area (Å²) in [5.41, 5.74) is 1.26. The van der Waals surface area contributed by atoms with Crippen molar-refractivity contribution < 1.29 is 18.0 Å². The number of alkyl halides is 4. The maximum Gasteiger partial charge on any atom is 0.406 e. The van der Waals surface area contributed by atoms with Crippen LogP contribution in [0.1, 0.15) is 42.6 Å². The van der Waals surface area contributed by atoms with Crippen molar-refractivity contribution in [3.8, 4) is 0 Å². The quantitative estimate of drug-likeness (QED) is 0.664. The van der Waals surface area contributed by atoms with Crippen molar-refractivity contribution in [3.63, 3.8) is 0 Å². The van der Waals surface area contributed by atoms with E-state index in [0.29, 0.717) is 18.2 Å². The van der Waals surface area contributed by atoms with E-state index in [1.54, 1.807) is 38.1 Å². The molecule has 6 heteroatoms. The smallest absolute Gasteiger partial charge is 0.327 e. The summed E-state index contributed by atoms with van der Waals surface area (Å²) < 4.78 is 38.2. The number of nitrogens with zero attached hydrogens (tertiary/aromatic N) is 1. The van der Waals surface area contributed by atoms with Gasteiger partial charge in [0.2, 0.25) is 0 Å². The number of amides is 1. The molecule has 0 atom stereocenters. The molecule has 0 unspecified atom stereocenters. The summed E-state index contributed by atoms with van der Waals surface area (Å²) in [5.74, 6) is -0.567. The van der Waals surface area contributed by atoms with Crippen LogP contribution in [0.15, 0.2) is 24.3 Å². The average Bonchev–Trinajstić information content (AvgIpc) is 2.45. The summed E-state index contributed by atoms with van der Waals surface area (Å²) in [6.07, 6.45) is -3.40. The van der Waals surface area contributed by atoms with Crippen molar-refractivity contribution in [1.82, 2.24) is 4.90 Å².